The van der Waals surface area contributed by atoms with Gasteiger partial charge in [-0.15, -0.1) is 0 Å². The molecule has 0 radical (unpaired) electrons. The average Bonchev–Trinajstić information content (AvgIpc) is 2.78. The summed E-state index contributed by atoms with van der Waals surface area (Å²) in [6.07, 6.45) is 5.15. The number of nitrogens with one attached hydrogen (secondary N) is 1. The summed E-state index contributed by atoms with van der Waals surface area (Å²) in [4.78, 5) is 8.15. The Balaban J connectivity index is 2.11. The van der Waals surface area contributed by atoms with Crippen LogP contribution < -0.4 is 10.1 Å². The van der Waals surface area contributed by atoms with E-state index in [-0.39, 0.29) is 0 Å². The molecular formula is C12H18ClN3OS. The van der Waals surface area contributed by atoms with Gasteiger partial charge in [-0.2, -0.15) is 11.8 Å². The molecule has 6 heteroatoms. The SMILES string of the molecule is CCSC1CCCC1Nc1ncnc(Cl)c1OC. The maximum atomic E-state index is 5.99. The maximum absolute atomic E-state index is 5.99. The van der Waals surface area contributed by atoms with E-state index in [2.05, 4.69) is 22.2 Å². The maximum Gasteiger partial charge on any atom is 0.198 e. The van der Waals surface area contributed by atoms with E-state index in [4.69, 9.17) is 16.3 Å². The van der Waals surface area contributed by atoms with Gasteiger partial charge < -0.3 is 10.1 Å². The molecule has 0 aliphatic heterocycles. The van der Waals surface area contributed by atoms with Crippen LogP contribution in [0, 0.1) is 0 Å². The lowest BCUT2D eigenvalue weighted by molar-refractivity contribution is 0.412. The van der Waals surface area contributed by atoms with Gasteiger partial charge in [0, 0.05) is 11.3 Å². The van der Waals surface area contributed by atoms with Gasteiger partial charge in [-0.05, 0) is 18.6 Å². The van der Waals surface area contributed by atoms with Crippen LogP contribution in [0.1, 0.15) is 26.2 Å². The number of thioether (sulfide) groups is 1. The van der Waals surface area contributed by atoms with Crippen molar-refractivity contribution in [3.05, 3.63) is 11.5 Å². The standard InChI is InChI=1S/C12H18ClN3OS/c1-3-18-9-6-4-5-8(9)16-12-10(17-2)11(13)14-7-15-12/h7-9H,3-6H2,1-2H3,(H,14,15,16). The first-order chi connectivity index (χ1) is 8.76. The highest BCUT2D eigenvalue weighted by Crippen LogP contribution is 2.35. The summed E-state index contributed by atoms with van der Waals surface area (Å²) in [6, 6.07) is 0.440. The Hall–Kier alpha value is -0.680. The van der Waals surface area contributed by atoms with Gasteiger partial charge in [0.1, 0.15) is 6.33 Å². The molecule has 1 aromatic rings. The highest BCUT2D eigenvalue weighted by atomic mass is 35.5. The monoisotopic (exact) mass is 287 g/mol. The van der Waals surface area contributed by atoms with Gasteiger partial charge in [0.2, 0.25) is 0 Å². The number of methoxy groups -OCH3 is 1. The Morgan fingerprint density at radius 1 is 1.50 bits per heavy atom. The van der Waals surface area contributed by atoms with Crippen LogP contribution >= 0.6 is 23.4 Å². The molecule has 1 fully saturated rings. The molecule has 4 nitrogen and oxygen atoms in total. The van der Waals surface area contributed by atoms with Crippen molar-refractivity contribution in [2.24, 2.45) is 0 Å². The van der Waals surface area contributed by atoms with Gasteiger partial charge in [-0.25, -0.2) is 9.97 Å². The third kappa shape index (κ3) is 3.01. The Morgan fingerprint density at radius 2 is 2.33 bits per heavy atom. The summed E-state index contributed by atoms with van der Waals surface area (Å²) < 4.78 is 5.26. The third-order valence-electron chi connectivity index (χ3n) is 3.12. The summed E-state index contributed by atoms with van der Waals surface area (Å²) in [5, 5.41) is 4.46. The van der Waals surface area contributed by atoms with Gasteiger partial charge in [0.15, 0.2) is 16.7 Å². The van der Waals surface area contributed by atoms with Crippen molar-refractivity contribution in [1.29, 1.82) is 0 Å². The van der Waals surface area contributed by atoms with E-state index in [1.165, 1.54) is 25.6 Å². The summed E-state index contributed by atoms with van der Waals surface area (Å²) in [7, 11) is 1.59. The molecule has 2 rings (SSSR count). The van der Waals surface area contributed by atoms with E-state index >= 15 is 0 Å². The minimum atomic E-state index is 0.354. The van der Waals surface area contributed by atoms with Gasteiger partial charge in [-0.1, -0.05) is 24.9 Å². The second kappa shape index (κ2) is 6.48. The Bertz CT molecular complexity index is 405. The number of ether oxygens (including phenoxy) is 1. The van der Waals surface area contributed by atoms with Crippen LogP contribution in [0.2, 0.25) is 5.15 Å². The van der Waals surface area contributed by atoms with Crippen molar-refractivity contribution in [2.75, 3.05) is 18.2 Å². The molecule has 2 atom stereocenters. The summed E-state index contributed by atoms with van der Waals surface area (Å²) in [5.41, 5.74) is 0. The van der Waals surface area contributed by atoms with Crippen LogP contribution in [0.5, 0.6) is 5.75 Å². The summed E-state index contributed by atoms with van der Waals surface area (Å²) >= 11 is 8.00. The van der Waals surface area contributed by atoms with Gasteiger partial charge in [0.25, 0.3) is 0 Å². The second-order valence-corrected chi connectivity index (χ2v) is 6.10. The molecule has 0 saturated heterocycles. The molecule has 1 aromatic heterocycles. The van der Waals surface area contributed by atoms with E-state index in [9.17, 15) is 0 Å². The largest absolute Gasteiger partial charge is 0.490 e. The molecule has 2 unspecified atom stereocenters. The van der Waals surface area contributed by atoms with Crippen molar-refractivity contribution < 1.29 is 4.74 Å². The molecule has 0 spiro atoms. The number of hydrogen-bond donors (Lipinski definition) is 1. The highest BCUT2D eigenvalue weighted by molar-refractivity contribution is 7.99. The average molecular weight is 288 g/mol. The number of rotatable bonds is 5. The number of nitrogens with zero attached hydrogens (tertiary/aromatic N) is 2. The van der Waals surface area contributed by atoms with E-state index in [0.717, 1.165) is 5.75 Å². The van der Waals surface area contributed by atoms with Crippen LogP contribution in [0.3, 0.4) is 0 Å². The second-order valence-electron chi connectivity index (χ2n) is 4.22. The van der Waals surface area contributed by atoms with Crippen molar-refractivity contribution in [1.82, 2.24) is 9.97 Å². The van der Waals surface area contributed by atoms with E-state index in [1.807, 2.05) is 11.8 Å². The number of anilines is 1. The zero-order valence-electron chi connectivity index (χ0n) is 10.6. The van der Waals surface area contributed by atoms with Crippen LogP contribution in [0.25, 0.3) is 0 Å². The first-order valence-corrected chi connectivity index (χ1v) is 7.61. The Morgan fingerprint density at radius 3 is 3.06 bits per heavy atom. The fourth-order valence-electron chi connectivity index (χ4n) is 2.32. The Kier molecular flexibility index (Phi) is 4.95. The lowest BCUT2D eigenvalue weighted by Gasteiger charge is -2.21. The minimum absolute atomic E-state index is 0.354. The van der Waals surface area contributed by atoms with Crippen molar-refractivity contribution in [2.45, 2.75) is 37.5 Å². The van der Waals surface area contributed by atoms with Crippen LogP contribution in [-0.2, 0) is 0 Å². The minimum Gasteiger partial charge on any atom is -0.490 e. The smallest absolute Gasteiger partial charge is 0.198 e. The molecule has 0 amide bonds. The number of hydrogen-bond acceptors (Lipinski definition) is 5. The van der Waals surface area contributed by atoms with Gasteiger partial charge in [0.05, 0.1) is 7.11 Å². The van der Waals surface area contributed by atoms with Crippen LogP contribution in [0.15, 0.2) is 6.33 Å². The first kappa shape index (κ1) is 13.7. The van der Waals surface area contributed by atoms with Crippen molar-refractivity contribution in [3.63, 3.8) is 0 Å². The van der Waals surface area contributed by atoms with E-state index in [0.29, 0.717) is 28.0 Å². The van der Waals surface area contributed by atoms with E-state index < -0.39 is 0 Å². The third-order valence-corrected chi connectivity index (χ3v) is 4.71. The highest BCUT2D eigenvalue weighted by Gasteiger charge is 2.28. The van der Waals surface area contributed by atoms with Crippen molar-refractivity contribution in [3.8, 4) is 5.75 Å². The Labute approximate surface area is 117 Å². The van der Waals surface area contributed by atoms with Crippen molar-refractivity contribution >= 4 is 29.2 Å². The predicted molar refractivity (Wildman–Crippen MR) is 76.8 cm³/mol. The summed E-state index contributed by atoms with van der Waals surface area (Å²) in [6.45, 7) is 2.20. The normalized spacial score (nSPS) is 23.1. The molecule has 1 aliphatic carbocycles. The number of aromatic nitrogens is 2. The lowest BCUT2D eigenvalue weighted by atomic mass is 10.2. The fourth-order valence-corrected chi connectivity index (χ4v) is 3.72. The molecule has 1 saturated carbocycles. The predicted octanol–water partition coefficient (Wildman–Crippen LogP) is 3.22. The fraction of sp³-hybridized carbons (Fsp3) is 0.667. The molecule has 18 heavy (non-hydrogen) atoms. The molecule has 100 valence electrons. The molecule has 1 N–H and O–H groups in total. The molecular weight excluding hydrogens is 270 g/mol. The molecule has 0 aromatic carbocycles. The van der Waals surface area contributed by atoms with Gasteiger partial charge in [-0.3, -0.25) is 0 Å². The molecule has 1 heterocycles. The zero-order chi connectivity index (χ0) is 13.0. The van der Waals surface area contributed by atoms with E-state index in [1.54, 1.807) is 7.11 Å². The molecule has 0 bridgehead atoms. The van der Waals surface area contributed by atoms with Crippen LogP contribution in [0.4, 0.5) is 5.82 Å². The lowest BCUT2D eigenvalue weighted by Crippen LogP contribution is -2.27. The summed E-state index contributed by atoms with van der Waals surface area (Å²) in [5.74, 6) is 2.38. The number of halogens is 1. The van der Waals surface area contributed by atoms with Gasteiger partial charge >= 0.3 is 0 Å². The van der Waals surface area contributed by atoms with Crippen LogP contribution in [-0.4, -0.2) is 34.1 Å². The topological polar surface area (TPSA) is 47.0 Å². The molecule has 1 aliphatic rings. The quantitative estimate of drug-likeness (QED) is 0.843. The zero-order valence-corrected chi connectivity index (χ0v) is 12.2. The first-order valence-electron chi connectivity index (χ1n) is 6.18.